The van der Waals surface area contributed by atoms with Gasteiger partial charge in [-0.3, -0.25) is 14.4 Å². The number of allylic oxidation sites excluding steroid dienone is 14. The highest BCUT2D eigenvalue weighted by Crippen LogP contribution is 2.12. The molecule has 0 saturated heterocycles. The summed E-state index contributed by atoms with van der Waals surface area (Å²) >= 11 is 0. The highest BCUT2D eigenvalue weighted by Gasteiger charge is 2.19. The molecule has 6 heteroatoms. The lowest BCUT2D eigenvalue weighted by Gasteiger charge is -2.18. The molecule has 0 spiro atoms. The maximum absolute atomic E-state index is 12.7. The zero-order valence-corrected chi connectivity index (χ0v) is 38.9. The van der Waals surface area contributed by atoms with Gasteiger partial charge < -0.3 is 14.2 Å². The zero-order valence-electron chi connectivity index (χ0n) is 38.9. The Balaban J connectivity index is 4.54. The molecule has 0 saturated carbocycles. The number of carbonyl (C=O) groups excluding carboxylic acids is 3. The van der Waals surface area contributed by atoms with Crippen molar-refractivity contribution in [2.24, 2.45) is 0 Å². The van der Waals surface area contributed by atoms with E-state index in [9.17, 15) is 14.4 Å². The second-order valence-corrected chi connectivity index (χ2v) is 16.0. The maximum Gasteiger partial charge on any atom is 0.306 e. The van der Waals surface area contributed by atoms with Crippen LogP contribution in [0, 0.1) is 0 Å². The lowest BCUT2D eigenvalue weighted by Crippen LogP contribution is -2.30. The van der Waals surface area contributed by atoms with Crippen molar-refractivity contribution in [2.45, 2.75) is 226 Å². The number of carbonyl (C=O) groups is 3. The Hall–Kier alpha value is -3.41. The van der Waals surface area contributed by atoms with Crippen molar-refractivity contribution in [2.75, 3.05) is 13.2 Å². The molecule has 60 heavy (non-hydrogen) atoms. The van der Waals surface area contributed by atoms with Gasteiger partial charge in [0, 0.05) is 19.3 Å². The van der Waals surface area contributed by atoms with Gasteiger partial charge in [0.2, 0.25) is 0 Å². The van der Waals surface area contributed by atoms with Crippen LogP contribution < -0.4 is 0 Å². The number of hydrogen-bond donors (Lipinski definition) is 0. The van der Waals surface area contributed by atoms with E-state index in [0.717, 1.165) is 96.3 Å². The number of hydrogen-bond acceptors (Lipinski definition) is 6. The molecule has 0 amide bonds. The Labute approximate surface area is 369 Å². The number of rotatable bonds is 43. The van der Waals surface area contributed by atoms with E-state index in [1.54, 1.807) is 0 Å². The first-order valence-corrected chi connectivity index (χ1v) is 24.6. The second-order valence-electron chi connectivity index (χ2n) is 16.0. The summed E-state index contributed by atoms with van der Waals surface area (Å²) in [5.41, 5.74) is 0. The molecule has 0 aliphatic rings. The van der Waals surface area contributed by atoms with Gasteiger partial charge in [-0.25, -0.2) is 0 Å². The predicted octanol–water partition coefficient (Wildman–Crippen LogP) is 16.0. The van der Waals surface area contributed by atoms with Crippen LogP contribution in [0.4, 0.5) is 0 Å². The van der Waals surface area contributed by atoms with Crippen molar-refractivity contribution in [3.05, 3.63) is 85.1 Å². The van der Waals surface area contributed by atoms with E-state index < -0.39 is 6.10 Å². The fourth-order valence-corrected chi connectivity index (χ4v) is 6.42. The fourth-order valence-electron chi connectivity index (χ4n) is 6.42. The van der Waals surface area contributed by atoms with Crippen molar-refractivity contribution >= 4 is 17.9 Å². The van der Waals surface area contributed by atoms with E-state index in [4.69, 9.17) is 14.2 Å². The largest absolute Gasteiger partial charge is 0.462 e. The Bertz CT molecular complexity index is 1190. The van der Waals surface area contributed by atoms with Gasteiger partial charge in [-0.05, 0) is 103 Å². The summed E-state index contributed by atoms with van der Waals surface area (Å²) in [6.45, 7) is 6.40. The van der Waals surface area contributed by atoms with Gasteiger partial charge in [0.05, 0.1) is 0 Å². The van der Waals surface area contributed by atoms with Gasteiger partial charge >= 0.3 is 17.9 Å². The molecular formula is C54H90O6. The molecule has 0 aliphatic heterocycles. The van der Waals surface area contributed by atoms with Crippen LogP contribution in [-0.2, 0) is 28.6 Å². The van der Waals surface area contributed by atoms with Crippen LogP contribution in [0.5, 0.6) is 0 Å². The van der Waals surface area contributed by atoms with E-state index >= 15 is 0 Å². The molecule has 0 N–H and O–H groups in total. The minimum atomic E-state index is -0.819. The van der Waals surface area contributed by atoms with Crippen molar-refractivity contribution < 1.29 is 28.6 Å². The molecule has 0 radical (unpaired) electrons. The summed E-state index contributed by atoms with van der Waals surface area (Å²) in [5, 5.41) is 0. The molecule has 0 rings (SSSR count). The highest BCUT2D eigenvalue weighted by atomic mass is 16.6. The van der Waals surface area contributed by atoms with Crippen LogP contribution in [0.2, 0.25) is 0 Å². The molecular weight excluding hydrogens is 745 g/mol. The summed E-state index contributed by atoms with van der Waals surface area (Å²) in [7, 11) is 0. The summed E-state index contributed by atoms with van der Waals surface area (Å²) in [4.78, 5) is 37.8. The highest BCUT2D eigenvalue weighted by molar-refractivity contribution is 5.71. The lowest BCUT2D eigenvalue weighted by molar-refractivity contribution is -0.166. The lowest BCUT2D eigenvalue weighted by atomic mass is 10.1. The molecule has 342 valence electrons. The average Bonchev–Trinajstić information content (AvgIpc) is 3.24. The van der Waals surface area contributed by atoms with Gasteiger partial charge in [0.25, 0.3) is 0 Å². The molecule has 0 heterocycles. The Morgan fingerprint density at radius 3 is 1.12 bits per heavy atom. The predicted molar refractivity (Wildman–Crippen MR) is 256 cm³/mol. The SMILES string of the molecule is CC/C=C\C/C=C\C/C=C\C/C=C\C/C=C\CCC(=O)OCC(COC(=O)CCCCC/C=C\CCCCCCCC)OC(=O)CCCCC/C=C\CCCCCCCC. The van der Waals surface area contributed by atoms with Crippen molar-refractivity contribution in [3.8, 4) is 0 Å². The maximum atomic E-state index is 12.7. The molecule has 0 aliphatic carbocycles. The van der Waals surface area contributed by atoms with E-state index in [1.165, 1.54) is 77.0 Å². The summed E-state index contributed by atoms with van der Waals surface area (Å²) in [6, 6.07) is 0. The Morgan fingerprint density at radius 1 is 0.350 bits per heavy atom. The van der Waals surface area contributed by atoms with Crippen molar-refractivity contribution in [3.63, 3.8) is 0 Å². The molecule has 0 aromatic rings. The number of unbranched alkanes of at least 4 members (excludes halogenated alkanes) is 18. The van der Waals surface area contributed by atoms with Crippen LogP contribution in [0.25, 0.3) is 0 Å². The normalized spacial score (nSPS) is 12.8. The van der Waals surface area contributed by atoms with Crippen LogP contribution in [0.15, 0.2) is 85.1 Å². The summed E-state index contributed by atoms with van der Waals surface area (Å²) < 4.78 is 16.7. The van der Waals surface area contributed by atoms with E-state index in [0.29, 0.717) is 12.8 Å². The van der Waals surface area contributed by atoms with Gasteiger partial charge in [-0.2, -0.15) is 0 Å². The van der Waals surface area contributed by atoms with E-state index in [1.807, 2.05) is 12.2 Å². The third kappa shape index (κ3) is 45.7. The summed E-state index contributed by atoms with van der Waals surface area (Å²) in [6.07, 6.45) is 61.5. The average molecular weight is 835 g/mol. The summed E-state index contributed by atoms with van der Waals surface area (Å²) in [5.74, 6) is -1.04. The molecule has 0 fully saturated rings. The fraction of sp³-hybridized carbons (Fsp3) is 0.685. The van der Waals surface area contributed by atoms with E-state index in [2.05, 4.69) is 93.7 Å². The Kier molecular flexibility index (Phi) is 45.5. The van der Waals surface area contributed by atoms with Crippen LogP contribution in [0.3, 0.4) is 0 Å². The second kappa shape index (κ2) is 48.3. The molecule has 0 bridgehead atoms. The Morgan fingerprint density at radius 2 is 0.683 bits per heavy atom. The first kappa shape index (κ1) is 56.6. The van der Waals surface area contributed by atoms with Gasteiger partial charge in [0.15, 0.2) is 6.10 Å². The zero-order chi connectivity index (χ0) is 43.7. The topological polar surface area (TPSA) is 78.9 Å². The third-order valence-electron chi connectivity index (χ3n) is 10.1. The number of ether oxygens (including phenoxy) is 3. The molecule has 0 aromatic carbocycles. The van der Waals surface area contributed by atoms with Crippen LogP contribution in [0.1, 0.15) is 220 Å². The van der Waals surface area contributed by atoms with Crippen LogP contribution >= 0.6 is 0 Å². The molecule has 0 aromatic heterocycles. The quantitative estimate of drug-likeness (QED) is 0.0263. The first-order valence-electron chi connectivity index (χ1n) is 24.6. The van der Waals surface area contributed by atoms with Gasteiger partial charge in [0.1, 0.15) is 13.2 Å². The smallest absolute Gasteiger partial charge is 0.306 e. The minimum absolute atomic E-state index is 0.114. The molecule has 1 unspecified atom stereocenters. The standard InChI is InChI=1S/C54H90O6/c1-4-7-10-13-16-19-22-25-26-27-30-32-35-38-41-44-47-53(56)59-50-51(60-54(57)48-45-42-39-36-33-29-24-21-18-15-12-9-6-3)49-58-52(55)46-43-40-37-34-31-28-23-20-17-14-11-8-5-2/h7,10,16,19,25-26,28-33,38,41,51H,4-6,8-9,11-15,17-18,20-24,27,34-37,39-40,42-50H2,1-3H3/b10-7-,19-16-,26-25-,31-28-,32-30-,33-29-,41-38-. The third-order valence-corrected chi connectivity index (χ3v) is 10.1. The molecule has 6 nitrogen and oxygen atoms in total. The number of esters is 3. The van der Waals surface area contributed by atoms with Crippen molar-refractivity contribution in [1.29, 1.82) is 0 Å². The monoisotopic (exact) mass is 835 g/mol. The minimum Gasteiger partial charge on any atom is -0.462 e. The van der Waals surface area contributed by atoms with Gasteiger partial charge in [-0.1, -0.05) is 183 Å². The molecule has 1 atom stereocenters. The van der Waals surface area contributed by atoms with Crippen molar-refractivity contribution in [1.82, 2.24) is 0 Å². The van der Waals surface area contributed by atoms with Gasteiger partial charge in [-0.15, -0.1) is 0 Å². The van der Waals surface area contributed by atoms with E-state index in [-0.39, 0.29) is 44.0 Å². The first-order chi connectivity index (χ1) is 29.5. The van der Waals surface area contributed by atoms with Crippen LogP contribution in [-0.4, -0.2) is 37.2 Å².